The van der Waals surface area contributed by atoms with Gasteiger partial charge in [-0.05, 0) is 97.1 Å². The number of benzodiazepines with no additional fused rings is 2. The molecule has 5 atom stereocenters. The van der Waals surface area contributed by atoms with Gasteiger partial charge < -0.3 is 51.9 Å². The third-order valence-corrected chi connectivity index (χ3v) is 14.4. The Labute approximate surface area is 444 Å². The molecule has 0 spiro atoms. The number of benzene rings is 4. The Bertz CT molecular complexity index is 3330. The second-order valence-corrected chi connectivity index (χ2v) is 19.2. The Kier molecular flexibility index (Phi) is 15.3. The van der Waals surface area contributed by atoms with Crippen LogP contribution in [-0.2, 0) is 19.2 Å². The highest BCUT2D eigenvalue weighted by atomic mass is 16.3. The number of aromatic nitrogens is 2. The van der Waals surface area contributed by atoms with Gasteiger partial charge in [-0.25, -0.2) is 19.6 Å². The SMILES string of the molecule is CCC(C)(CO)C(=O)CN1C(=O)C(NC(=O)Nc2cccc(NC)c2)N=C(c2cc(C3CC3(CO)C(=O)CN3C(=O)C(NC(=O)Nc4cccc(NC)c4)N=C(c4ccccn4)c4ccccc43)ccn2)c2ccccc21. The fourth-order valence-corrected chi connectivity index (χ4v) is 9.51. The van der Waals surface area contributed by atoms with E-state index in [2.05, 4.69) is 36.9 Å². The minimum Gasteiger partial charge on any atom is -0.395 e. The normalized spacial score (nSPS) is 19.4. The van der Waals surface area contributed by atoms with E-state index in [1.807, 2.05) is 12.1 Å². The number of rotatable bonds is 18. The van der Waals surface area contributed by atoms with Crippen molar-refractivity contribution in [3.05, 3.63) is 168 Å². The number of ketones is 2. The molecule has 1 aliphatic carbocycles. The van der Waals surface area contributed by atoms with Crippen molar-refractivity contribution in [1.82, 2.24) is 20.6 Å². The van der Waals surface area contributed by atoms with Crippen LogP contribution < -0.4 is 41.7 Å². The Morgan fingerprint density at radius 3 is 1.68 bits per heavy atom. The zero-order valence-corrected chi connectivity index (χ0v) is 42.8. The van der Waals surface area contributed by atoms with Gasteiger partial charge in [-0.3, -0.25) is 29.1 Å². The van der Waals surface area contributed by atoms with Crippen molar-refractivity contribution in [3.63, 3.8) is 0 Å². The van der Waals surface area contributed by atoms with Gasteiger partial charge in [0.25, 0.3) is 11.8 Å². The van der Waals surface area contributed by atoms with Crippen LogP contribution in [0.2, 0.25) is 0 Å². The first kappa shape index (κ1) is 52.7. The molecule has 8 N–H and O–H groups in total. The molecule has 0 bridgehead atoms. The fraction of sp³-hybridized carbons (Fsp3) is 0.263. The number of nitrogens with one attached hydrogen (secondary N) is 6. The summed E-state index contributed by atoms with van der Waals surface area (Å²) in [4.78, 5) is 107. The molecule has 394 valence electrons. The van der Waals surface area contributed by atoms with Crippen LogP contribution >= 0.6 is 0 Å². The van der Waals surface area contributed by atoms with E-state index in [1.54, 1.807) is 149 Å². The number of carbonyl (C=O) groups excluding carboxylic acids is 6. The predicted molar refractivity (Wildman–Crippen MR) is 294 cm³/mol. The van der Waals surface area contributed by atoms with Gasteiger partial charge >= 0.3 is 12.1 Å². The Balaban J connectivity index is 1.04. The van der Waals surface area contributed by atoms with E-state index in [0.29, 0.717) is 57.3 Å². The summed E-state index contributed by atoms with van der Waals surface area (Å²) < 4.78 is 0. The summed E-state index contributed by atoms with van der Waals surface area (Å²) in [6, 6.07) is 34.9. The van der Waals surface area contributed by atoms with Crippen LogP contribution in [0.3, 0.4) is 0 Å². The number of aliphatic hydroxyl groups excluding tert-OH is 2. The average molecular weight is 1040 g/mol. The monoisotopic (exact) mass is 1040 g/mol. The van der Waals surface area contributed by atoms with Crippen molar-refractivity contribution >= 4 is 81.0 Å². The summed E-state index contributed by atoms with van der Waals surface area (Å²) in [5.74, 6) is -2.88. The third-order valence-electron chi connectivity index (χ3n) is 14.4. The van der Waals surface area contributed by atoms with E-state index in [1.165, 1.54) is 16.0 Å². The number of aliphatic hydroxyl groups is 2. The number of hydrogen-bond acceptors (Lipinski definition) is 14. The fourth-order valence-electron chi connectivity index (χ4n) is 9.51. The van der Waals surface area contributed by atoms with Crippen LogP contribution in [0.4, 0.5) is 43.7 Å². The second kappa shape index (κ2) is 22.4. The number of nitrogens with zero attached hydrogens (tertiary/aromatic N) is 6. The molecule has 1 saturated carbocycles. The molecular formula is C57H58N12O8. The van der Waals surface area contributed by atoms with Gasteiger partial charge in [0.2, 0.25) is 12.3 Å². The number of carbonyl (C=O) groups is 6. The molecule has 6 amide bonds. The van der Waals surface area contributed by atoms with Gasteiger partial charge in [0.05, 0.1) is 71.3 Å². The van der Waals surface area contributed by atoms with E-state index in [9.17, 15) is 39.0 Å². The standard InChI is InChI=1S/C57H58N12O8/c1-5-56(2,32-70)46(72)30-68-45-22-9-7-19-40(45)49(65-51(52(68)74)67-55(77)63-38-17-13-15-36(28-38)59-4)43-26-34(23-25-61-43)41-29-57(41,33-71)47(73)31-69-44-21-8-6-18-39(44)48(42-20-10-11-24-60-42)64-50(53(69)75)66-54(76)62-37-16-12-14-35(27-37)58-3/h6-28,41,50-51,58-59,70-71H,5,29-33H2,1-4H3,(H2,62,66,76)(H2,63,67,77). The first-order valence-corrected chi connectivity index (χ1v) is 25.1. The smallest absolute Gasteiger partial charge is 0.321 e. The molecule has 1 fully saturated rings. The second-order valence-electron chi connectivity index (χ2n) is 19.2. The van der Waals surface area contributed by atoms with Crippen molar-refractivity contribution in [2.45, 2.75) is 44.9 Å². The van der Waals surface area contributed by atoms with Crippen molar-refractivity contribution in [2.75, 3.05) is 71.5 Å². The van der Waals surface area contributed by atoms with E-state index in [-0.39, 0.29) is 17.8 Å². The van der Waals surface area contributed by atoms with E-state index in [0.717, 1.165) is 11.4 Å². The largest absolute Gasteiger partial charge is 0.395 e. The van der Waals surface area contributed by atoms with E-state index in [4.69, 9.17) is 15.0 Å². The number of aliphatic imine (C=N–C) groups is 2. The molecule has 3 aliphatic rings. The van der Waals surface area contributed by atoms with Gasteiger partial charge in [0.1, 0.15) is 0 Å². The summed E-state index contributed by atoms with van der Waals surface area (Å²) in [6.45, 7) is 1.42. The molecule has 0 saturated heterocycles. The van der Waals surface area contributed by atoms with Crippen LogP contribution in [0.25, 0.3) is 0 Å². The molecule has 20 nitrogen and oxygen atoms in total. The van der Waals surface area contributed by atoms with Crippen LogP contribution in [0, 0.1) is 10.8 Å². The molecule has 77 heavy (non-hydrogen) atoms. The Morgan fingerprint density at radius 2 is 1.16 bits per heavy atom. The number of amides is 6. The van der Waals surface area contributed by atoms with Gasteiger partial charge in [0.15, 0.2) is 11.6 Å². The van der Waals surface area contributed by atoms with Gasteiger partial charge in [-0.2, -0.15) is 0 Å². The lowest BCUT2D eigenvalue weighted by molar-refractivity contribution is -0.130. The maximum Gasteiger partial charge on any atom is 0.321 e. The number of urea groups is 2. The van der Waals surface area contributed by atoms with Crippen molar-refractivity contribution in [1.29, 1.82) is 0 Å². The predicted octanol–water partition coefficient (Wildman–Crippen LogP) is 5.94. The minimum atomic E-state index is -1.59. The lowest BCUT2D eigenvalue weighted by Gasteiger charge is -2.30. The first-order chi connectivity index (χ1) is 37.2. The zero-order valence-electron chi connectivity index (χ0n) is 42.8. The maximum atomic E-state index is 15.0. The first-order valence-electron chi connectivity index (χ1n) is 25.1. The number of Topliss-reactive ketones (excluding diaryl/α,β-unsaturated/α-hetero) is 2. The van der Waals surface area contributed by atoms with Gasteiger partial charge in [-0.15, -0.1) is 0 Å². The highest BCUT2D eigenvalue weighted by Gasteiger charge is 2.60. The molecule has 9 rings (SSSR count). The highest BCUT2D eigenvalue weighted by Crippen LogP contribution is 2.60. The lowest BCUT2D eigenvalue weighted by atomic mass is 9.83. The molecule has 2 aliphatic heterocycles. The molecule has 4 heterocycles. The minimum absolute atomic E-state index is 0.183. The molecular weight excluding hydrogens is 981 g/mol. The van der Waals surface area contributed by atoms with E-state index >= 15 is 0 Å². The van der Waals surface area contributed by atoms with Crippen LogP contribution in [0.5, 0.6) is 0 Å². The highest BCUT2D eigenvalue weighted by molar-refractivity contribution is 6.22. The Morgan fingerprint density at radius 1 is 0.636 bits per heavy atom. The maximum absolute atomic E-state index is 15.0. The molecule has 4 aromatic carbocycles. The topological polar surface area (TPSA) is 272 Å². The molecule has 5 unspecified atom stereocenters. The van der Waals surface area contributed by atoms with E-state index < -0.39 is 90.8 Å². The van der Waals surface area contributed by atoms with Gasteiger partial charge in [-0.1, -0.05) is 68.4 Å². The summed E-state index contributed by atoms with van der Waals surface area (Å²) in [7, 11) is 3.48. The van der Waals surface area contributed by atoms with Crippen molar-refractivity contribution < 1.29 is 39.0 Å². The third kappa shape index (κ3) is 10.9. The van der Waals surface area contributed by atoms with Crippen molar-refractivity contribution in [2.24, 2.45) is 20.8 Å². The summed E-state index contributed by atoms with van der Waals surface area (Å²) in [5.41, 5.74) is 3.09. The zero-order chi connectivity index (χ0) is 54.4. The summed E-state index contributed by atoms with van der Waals surface area (Å²) in [6.07, 6.45) is 0.487. The Hall–Kier alpha value is -9.14. The van der Waals surface area contributed by atoms with Crippen LogP contribution in [0.15, 0.2) is 150 Å². The van der Waals surface area contributed by atoms with Crippen LogP contribution in [0.1, 0.15) is 60.7 Å². The number of fused-ring (bicyclic) bond motifs is 2. The van der Waals surface area contributed by atoms with Gasteiger partial charge in [0, 0.05) is 60.4 Å². The van der Waals surface area contributed by atoms with Crippen molar-refractivity contribution in [3.8, 4) is 0 Å². The lowest BCUT2D eigenvalue weighted by Crippen LogP contribution is -2.51. The van der Waals surface area contributed by atoms with Crippen LogP contribution in [-0.4, -0.2) is 120 Å². The quantitative estimate of drug-likeness (QED) is 0.0497. The average Bonchev–Trinajstić information content (AvgIpc) is 4.38. The molecule has 0 radical (unpaired) electrons. The number of pyridine rings is 2. The molecule has 6 aromatic rings. The summed E-state index contributed by atoms with van der Waals surface area (Å²) in [5, 5.41) is 38.4. The number of anilines is 6. The molecule has 2 aromatic heterocycles. The summed E-state index contributed by atoms with van der Waals surface area (Å²) >= 11 is 0. The number of hydrogen-bond donors (Lipinski definition) is 8. The molecule has 20 heteroatoms. The number of para-hydroxylation sites is 2.